The third-order valence-electron chi connectivity index (χ3n) is 3.74. The van der Waals surface area contributed by atoms with Gasteiger partial charge in [0.15, 0.2) is 5.82 Å². The van der Waals surface area contributed by atoms with Crippen molar-refractivity contribution in [3.8, 4) is 0 Å². The highest BCUT2D eigenvalue weighted by Gasteiger charge is 2.26. The van der Waals surface area contributed by atoms with Crippen LogP contribution in [0.5, 0.6) is 0 Å². The second-order valence-electron chi connectivity index (χ2n) is 5.42. The maximum absolute atomic E-state index is 11.5. The Morgan fingerprint density at radius 2 is 2.05 bits per heavy atom. The molecular formula is C15H17N5O2. The van der Waals surface area contributed by atoms with E-state index >= 15 is 0 Å². The average molecular weight is 299 g/mol. The van der Waals surface area contributed by atoms with Gasteiger partial charge in [-0.1, -0.05) is 0 Å². The average Bonchev–Trinajstić information content (AvgIpc) is 3.38. The van der Waals surface area contributed by atoms with Gasteiger partial charge in [0, 0.05) is 18.3 Å². The van der Waals surface area contributed by atoms with Gasteiger partial charge in [-0.25, -0.2) is 14.8 Å². The number of rotatable bonds is 5. The van der Waals surface area contributed by atoms with Crippen molar-refractivity contribution < 1.29 is 9.90 Å². The van der Waals surface area contributed by atoms with Crippen LogP contribution in [-0.4, -0.2) is 36.3 Å². The van der Waals surface area contributed by atoms with E-state index in [-0.39, 0.29) is 6.54 Å². The molecule has 0 spiro atoms. The van der Waals surface area contributed by atoms with Crippen LogP contribution in [0.4, 0.5) is 4.79 Å². The number of carboxylic acid groups (broad SMARTS) is 1. The van der Waals surface area contributed by atoms with E-state index in [0.29, 0.717) is 17.4 Å². The summed E-state index contributed by atoms with van der Waals surface area (Å²) in [6.45, 7) is 1.92. The van der Waals surface area contributed by atoms with E-state index in [0.717, 1.165) is 18.5 Å². The number of amides is 1. The SMILES string of the molecule is C[C@H](c1ncccn1)N(Cc1ccc(C2CC2)nn1)C(=O)O. The Morgan fingerprint density at radius 1 is 1.32 bits per heavy atom. The van der Waals surface area contributed by atoms with E-state index in [9.17, 15) is 9.90 Å². The molecule has 0 bridgehead atoms. The van der Waals surface area contributed by atoms with Crippen LogP contribution in [0.25, 0.3) is 0 Å². The van der Waals surface area contributed by atoms with Gasteiger partial charge in [0.1, 0.15) is 0 Å². The summed E-state index contributed by atoms with van der Waals surface area (Å²) < 4.78 is 0. The highest BCUT2D eigenvalue weighted by molar-refractivity contribution is 5.65. The molecule has 7 heteroatoms. The molecule has 2 heterocycles. The lowest BCUT2D eigenvalue weighted by molar-refractivity contribution is 0.121. The number of carbonyl (C=O) groups is 1. The third kappa shape index (κ3) is 3.19. The van der Waals surface area contributed by atoms with Crippen LogP contribution in [0.3, 0.4) is 0 Å². The Bertz CT molecular complexity index is 643. The van der Waals surface area contributed by atoms with Gasteiger partial charge in [-0.05, 0) is 38.0 Å². The largest absolute Gasteiger partial charge is 0.465 e. The first-order valence-electron chi connectivity index (χ1n) is 7.24. The lowest BCUT2D eigenvalue weighted by Crippen LogP contribution is -2.33. The molecule has 3 rings (SSSR count). The molecule has 1 saturated carbocycles. The second-order valence-corrected chi connectivity index (χ2v) is 5.42. The summed E-state index contributed by atoms with van der Waals surface area (Å²) in [5.41, 5.74) is 1.61. The van der Waals surface area contributed by atoms with Gasteiger partial charge in [0.25, 0.3) is 0 Å². The predicted octanol–water partition coefficient (Wildman–Crippen LogP) is 2.39. The van der Waals surface area contributed by atoms with E-state index in [2.05, 4.69) is 20.2 Å². The monoisotopic (exact) mass is 299 g/mol. The number of hydrogen-bond acceptors (Lipinski definition) is 5. The number of hydrogen-bond donors (Lipinski definition) is 1. The molecule has 1 N–H and O–H groups in total. The molecule has 2 aromatic rings. The minimum Gasteiger partial charge on any atom is -0.465 e. The standard InChI is InChI=1S/C15H17N5O2/c1-10(14-16-7-2-8-17-14)20(15(21)22)9-12-5-6-13(19-18-12)11-3-4-11/h2,5-8,10-11H,3-4,9H2,1H3,(H,21,22)/t10-/m1/s1. The molecule has 114 valence electrons. The van der Waals surface area contributed by atoms with E-state index in [4.69, 9.17) is 0 Å². The zero-order valence-corrected chi connectivity index (χ0v) is 12.3. The Kier molecular flexibility index (Phi) is 3.95. The van der Waals surface area contributed by atoms with E-state index < -0.39 is 12.1 Å². The summed E-state index contributed by atoms with van der Waals surface area (Å²) in [6, 6.07) is 5.02. The van der Waals surface area contributed by atoms with E-state index in [1.807, 2.05) is 12.1 Å². The molecule has 1 atom stereocenters. The van der Waals surface area contributed by atoms with Gasteiger partial charge in [-0.3, -0.25) is 4.90 Å². The van der Waals surface area contributed by atoms with Crippen molar-refractivity contribution in [1.82, 2.24) is 25.1 Å². The van der Waals surface area contributed by atoms with Gasteiger partial charge in [0.05, 0.1) is 24.0 Å². The lowest BCUT2D eigenvalue weighted by atomic mass is 10.2. The number of aromatic nitrogens is 4. The van der Waals surface area contributed by atoms with Crippen LogP contribution >= 0.6 is 0 Å². The fourth-order valence-electron chi connectivity index (χ4n) is 2.26. The molecule has 0 aromatic carbocycles. The molecule has 0 radical (unpaired) electrons. The van der Waals surface area contributed by atoms with Gasteiger partial charge < -0.3 is 5.11 Å². The zero-order valence-electron chi connectivity index (χ0n) is 12.3. The van der Waals surface area contributed by atoms with Crippen LogP contribution in [0.15, 0.2) is 30.6 Å². The summed E-state index contributed by atoms with van der Waals surface area (Å²) in [5, 5.41) is 17.8. The normalized spacial score (nSPS) is 15.3. The summed E-state index contributed by atoms with van der Waals surface area (Å²) >= 11 is 0. The Morgan fingerprint density at radius 3 is 2.59 bits per heavy atom. The molecule has 22 heavy (non-hydrogen) atoms. The summed E-state index contributed by atoms with van der Waals surface area (Å²) in [4.78, 5) is 21.0. The Balaban J connectivity index is 1.75. The summed E-state index contributed by atoms with van der Waals surface area (Å²) in [7, 11) is 0. The highest BCUT2D eigenvalue weighted by Crippen LogP contribution is 2.38. The van der Waals surface area contributed by atoms with Crippen LogP contribution < -0.4 is 0 Å². The summed E-state index contributed by atoms with van der Waals surface area (Å²) in [6.07, 6.45) is 4.50. The maximum Gasteiger partial charge on any atom is 0.408 e. The van der Waals surface area contributed by atoms with E-state index in [1.165, 1.54) is 4.90 Å². The zero-order chi connectivity index (χ0) is 15.5. The molecule has 1 amide bonds. The van der Waals surface area contributed by atoms with Crippen molar-refractivity contribution in [1.29, 1.82) is 0 Å². The van der Waals surface area contributed by atoms with Crippen LogP contribution in [-0.2, 0) is 6.54 Å². The van der Waals surface area contributed by atoms with Crippen molar-refractivity contribution in [2.45, 2.75) is 38.3 Å². The van der Waals surface area contributed by atoms with Gasteiger partial charge in [0.2, 0.25) is 0 Å². The molecule has 7 nitrogen and oxygen atoms in total. The van der Waals surface area contributed by atoms with Crippen LogP contribution in [0.2, 0.25) is 0 Å². The lowest BCUT2D eigenvalue weighted by Gasteiger charge is -2.24. The second kappa shape index (κ2) is 6.05. The minimum atomic E-state index is -1.03. The molecule has 0 aliphatic heterocycles. The number of nitrogens with zero attached hydrogens (tertiary/aromatic N) is 5. The Hall–Kier alpha value is -2.57. The fourth-order valence-corrected chi connectivity index (χ4v) is 2.26. The highest BCUT2D eigenvalue weighted by atomic mass is 16.4. The molecule has 1 aliphatic rings. The van der Waals surface area contributed by atoms with Crippen molar-refractivity contribution in [2.24, 2.45) is 0 Å². The molecule has 0 saturated heterocycles. The Labute approximate surface area is 128 Å². The molecule has 1 aliphatic carbocycles. The van der Waals surface area contributed by atoms with Crippen molar-refractivity contribution in [2.75, 3.05) is 0 Å². The molecule has 1 fully saturated rings. The van der Waals surface area contributed by atoms with Gasteiger partial charge in [-0.15, -0.1) is 0 Å². The molecular weight excluding hydrogens is 282 g/mol. The predicted molar refractivity (Wildman–Crippen MR) is 78.0 cm³/mol. The topological polar surface area (TPSA) is 92.1 Å². The first kappa shape index (κ1) is 14.4. The molecule has 0 unspecified atom stereocenters. The quantitative estimate of drug-likeness (QED) is 0.911. The first-order chi connectivity index (χ1) is 10.6. The van der Waals surface area contributed by atoms with Crippen molar-refractivity contribution in [3.63, 3.8) is 0 Å². The van der Waals surface area contributed by atoms with Crippen LogP contribution in [0, 0.1) is 0 Å². The maximum atomic E-state index is 11.5. The first-order valence-corrected chi connectivity index (χ1v) is 7.24. The fraction of sp³-hybridized carbons (Fsp3) is 0.400. The molecule has 2 aromatic heterocycles. The van der Waals surface area contributed by atoms with Crippen molar-refractivity contribution in [3.05, 3.63) is 47.8 Å². The van der Waals surface area contributed by atoms with Crippen LogP contribution in [0.1, 0.15) is 48.9 Å². The smallest absolute Gasteiger partial charge is 0.408 e. The van der Waals surface area contributed by atoms with Crippen molar-refractivity contribution >= 4 is 6.09 Å². The van der Waals surface area contributed by atoms with E-state index in [1.54, 1.807) is 25.4 Å². The van der Waals surface area contributed by atoms with Gasteiger partial charge in [-0.2, -0.15) is 10.2 Å². The minimum absolute atomic E-state index is 0.159. The third-order valence-corrected chi connectivity index (χ3v) is 3.74. The summed E-state index contributed by atoms with van der Waals surface area (Å²) in [5.74, 6) is 1.00. The van der Waals surface area contributed by atoms with Gasteiger partial charge >= 0.3 is 6.09 Å².